The maximum atomic E-state index is 10.5. The molecule has 0 saturated heterocycles. The van der Waals surface area contributed by atoms with Gasteiger partial charge in [0.25, 0.3) is 5.69 Å². The molecule has 1 rings (SSSR count). The number of carboxylic acids is 1. The van der Waals surface area contributed by atoms with E-state index in [1.807, 2.05) is 0 Å². The number of nitrogens with zero attached hydrogens (tertiary/aromatic N) is 1. The van der Waals surface area contributed by atoms with Crippen LogP contribution in [0.15, 0.2) is 29.8 Å². The summed E-state index contributed by atoms with van der Waals surface area (Å²) in [5.41, 5.74) is 0.817. The highest BCUT2D eigenvalue weighted by Crippen LogP contribution is 2.23. The number of hydrogen-bond acceptors (Lipinski definition) is 4. The van der Waals surface area contributed by atoms with Gasteiger partial charge in [-0.2, -0.15) is 0 Å². The second kappa shape index (κ2) is 5.81. The highest BCUT2D eigenvalue weighted by Gasteiger charge is 2.08. The Morgan fingerprint density at radius 2 is 2.22 bits per heavy atom. The maximum absolute atomic E-state index is 10.5. The van der Waals surface area contributed by atoms with Gasteiger partial charge in [-0.25, -0.2) is 4.79 Å². The van der Waals surface area contributed by atoms with Crippen LogP contribution in [0.1, 0.15) is 12.5 Å². The van der Waals surface area contributed by atoms with Gasteiger partial charge >= 0.3 is 5.97 Å². The van der Waals surface area contributed by atoms with Gasteiger partial charge in [0.2, 0.25) is 0 Å². The van der Waals surface area contributed by atoms with Crippen molar-refractivity contribution in [2.24, 2.45) is 0 Å². The molecule has 0 bridgehead atoms. The Bertz CT molecular complexity index is 507. The SMILES string of the molecule is C/C(=C/COc1ccc([N+](=O)[O-])cc1C)C(=O)O. The van der Waals surface area contributed by atoms with E-state index in [4.69, 9.17) is 9.84 Å². The number of aliphatic carboxylic acids is 1. The van der Waals surface area contributed by atoms with Gasteiger partial charge < -0.3 is 9.84 Å². The number of ether oxygens (including phenoxy) is 1. The van der Waals surface area contributed by atoms with Crippen LogP contribution in [0.2, 0.25) is 0 Å². The van der Waals surface area contributed by atoms with Crippen LogP contribution in [-0.4, -0.2) is 22.6 Å². The first kappa shape index (κ1) is 13.7. The van der Waals surface area contributed by atoms with Gasteiger partial charge in [0.05, 0.1) is 4.92 Å². The molecule has 0 aliphatic heterocycles. The molecule has 0 amide bonds. The van der Waals surface area contributed by atoms with E-state index >= 15 is 0 Å². The predicted molar refractivity (Wildman–Crippen MR) is 64.7 cm³/mol. The normalized spacial score (nSPS) is 11.1. The number of hydrogen-bond donors (Lipinski definition) is 1. The Hall–Kier alpha value is -2.37. The number of benzene rings is 1. The van der Waals surface area contributed by atoms with E-state index in [0.717, 1.165) is 0 Å². The smallest absolute Gasteiger partial charge is 0.331 e. The minimum absolute atomic E-state index is 0.00268. The fourth-order valence-electron chi connectivity index (χ4n) is 1.25. The van der Waals surface area contributed by atoms with Crippen molar-refractivity contribution in [3.05, 3.63) is 45.5 Å². The Kier molecular flexibility index (Phi) is 4.42. The lowest BCUT2D eigenvalue weighted by molar-refractivity contribution is -0.384. The number of nitro benzene ring substituents is 1. The first-order valence-electron chi connectivity index (χ1n) is 5.19. The van der Waals surface area contributed by atoms with Crippen LogP contribution in [0.4, 0.5) is 5.69 Å². The van der Waals surface area contributed by atoms with Crippen molar-refractivity contribution in [1.29, 1.82) is 0 Å². The molecule has 18 heavy (non-hydrogen) atoms. The molecule has 1 aromatic carbocycles. The lowest BCUT2D eigenvalue weighted by atomic mass is 10.2. The van der Waals surface area contributed by atoms with Gasteiger partial charge in [0, 0.05) is 17.7 Å². The lowest BCUT2D eigenvalue weighted by Gasteiger charge is -2.06. The molecule has 0 aromatic heterocycles. The molecule has 0 atom stereocenters. The third kappa shape index (κ3) is 3.58. The van der Waals surface area contributed by atoms with Gasteiger partial charge in [-0.1, -0.05) is 0 Å². The van der Waals surface area contributed by atoms with Gasteiger partial charge in [-0.3, -0.25) is 10.1 Å². The lowest BCUT2D eigenvalue weighted by Crippen LogP contribution is -2.01. The summed E-state index contributed by atoms with van der Waals surface area (Å²) in [7, 11) is 0. The highest BCUT2D eigenvalue weighted by molar-refractivity contribution is 5.85. The van der Waals surface area contributed by atoms with Crippen molar-refractivity contribution in [3.63, 3.8) is 0 Å². The van der Waals surface area contributed by atoms with Crippen molar-refractivity contribution in [2.45, 2.75) is 13.8 Å². The fraction of sp³-hybridized carbons (Fsp3) is 0.250. The zero-order valence-corrected chi connectivity index (χ0v) is 10.0. The number of rotatable bonds is 5. The van der Waals surface area contributed by atoms with Gasteiger partial charge in [-0.15, -0.1) is 0 Å². The Labute approximate surface area is 104 Å². The molecule has 0 aliphatic carbocycles. The van der Waals surface area contributed by atoms with Gasteiger partial charge in [-0.05, 0) is 31.6 Å². The average Bonchev–Trinajstić information content (AvgIpc) is 2.30. The second-order valence-electron chi connectivity index (χ2n) is 3.71. The molecule has 1 N–H and O–H groups in total. The first-order valence-corrected chi connectivity index (χ1v) is 5.19. The minimum atomic E-state index is -1.00. The summed E-state index contributed by atoms with van der Waals surface area (Å²) in [5.74, 6) is -0.505. The minimum Gasteiger partial charge on any atom is -0.489 e. The number of carboxylic acid groups (broad SMARTS) is 1. The molecule has 0 unspecified atom stereocenters. The van der Waals surface area contributed by atoms with Crippen molar-refractivity contribution >= 4 is 11.7 Å². The molecular weight excluding hydrogens is 238 g/mol. The second-order valence-corrected chi connectivity index (χ2v) is 3.71. The molecule has 0 spiro atoms. The molecular formula is C12H13NO5. The summed E-state index contributed by atoms with van der Waals surface area (Å²) < 4.78 is 5.33. The van der Waals surface area contributed by atoms with Gasteiger partial charge in [0.15, 0.2) is 0 Å². The Balaban J connectivity index is 2.72. The van der Waals surface area contributed by atoms with Crippen molar-refractivity contribution in [1.82, 2.24) is 0 Å². The van der Waals surface area contributed by atoms with Crippen LogP contribution in [0.3, 0.4) is 0 Å². The summed E-state index contributed by atoms with van der Waals surface area (Å²) in [6.45, 7) is 3.27. The van der Waals surface area contributed by atoms with E-state index in [0.29, 0.717) is 11.3 Å². The monoisotopic (exact) mass is 251 g/mol. The molecule has 0 fully saturated rings. The van der Waals surface area contributed by atoms with Crippen LogP contribution >= 0.6 is 0 Å². The summed E-state index contributed by atoms with van der Waals surface area (Å²) >= 11 is 0. The maximum Gasteiger partial charge on any atom is 0.331 e. The first-order chi connectivity index (χ1) is 8.41. The number of aryl methyl sites for hydroxylation is 1. The van der Waals surface area contributed by atoms with E-state index in [2.05, 4.69) is 0 Å². The molecule has 1 aromatic rings. The Morgan fingerprint density at radius 3 is 2.72 bits per heavy atom. The van der Waals surface area contributed by atoms with Crippen LogP contribution in [-0.2, 0) is 4.79 Å². The van der Waals surface area contributed by atoms with Crippen LogP contribution in [0.25, 0.3) is 0 Å². The zero-order valence-electron chi connectivity index (χ0n) is 10.0. The summed E-state index contributed by atoms with van der Waals surface area (Å²) in [6.07, 6.45) is 1.43. The molecule has 6 heteroatoms. The van der Waals surface area contributed by atoms with Crippen molar-refractivity contribution < 1.29 is 19.6 Å². The molecule has 96 valence electrons. The summed E-state index contributed by atoms with van der Waals surface area (Å²) in [6, 6.07) is 4.25. The van der Waals surface area contributed by atoms with E-state index in [9.17, 15) is 14.9 Å². The number of nitro groups is 1. The van der Waals surface area contributed by atoms with Crippen molar-refractivity contribution in [3.8, 4) is 5.75 Å². The topological polar surface area (TPSA) is 89.7 Å². The van der Waals surface area contributed by atoms with Crippen LogP contribution < -0.4 is 4.74 Å². The third-order valence-corrected chi connectivity index (χ3v) is 2.34. The molecule has 6 nitrogen and oxygen atoms in total. The Morgan fingerprint density at radius 1 is 1.56 bits per heavy atom. The van der Waals surface area contributed by atoms with E-state index in [-0.39, 0.29) is 17.9 Å². The van der Waals surface area contributed by atoms with Crippen LogP contribution in [0, 0.1) is 17.0 Å². The van der Waals surface area contributed by atoms with Gasteiger partial charge in [0.1, 0.15) is 12.4 Å². The molecule has 0 aliphatic rings. The standard InChI is InChI=1S/C12H13NO5/c1-8(12(14)15)5-6-18-11-4-3-10(13(16)17)7-9(11)2/h3-5,7H,6H2,1-2H3,(H,14,15)/b8-5-. The molecule has 0 saturated carbocycles. The number of carbonyl (C=O) groups is 1. The van der Waals surface area contributed by atoms with Crippen LogP contribution in [0.5, 0.6) is 5.75 Å². The third-order valence-electron chi connectivity index (χ3n) is 2.34. The quantitative estimate of drug-likeness (QED) is 0.492. The summed E-state index contributed by atoms with van der Waals surface area (Å²) in [5, 5.41) is 19.2. The largest absolute Gasteiger partial charge is 0.489 e. The highest BCUT2D eigenvalue weighted by atomic mass is 16.6. The predicted octanol–water partition coefficient (Wildman–Crippen LogP) is 2.31. The summed E-state index contributed by atoms with van der Waals surface area (Å²) in [4.78, 5) is 20.6. The average molecular weight is 251 g/mol. The van der Waals surface area contributed by atoms with E-state index < -0.39 is 10.9 Å². The fourth-order valence-corrected chi connectivity index (χ4v) is 1.25. The van der Waals surface area contributed by atoms with E-state index in [1.54, 1.807) is 6.92 Å². The zero-order chi connectivity index (χ0) is 13.7. The van der Waals surface area contributed by atoms with Crippen molar-refractivity contribution in [2.75, 3.05) is 6.61 Å². The number of non-ortho nitro benzene ring substituents is 1. The van der Waals surface area contributed by atoms with E-state index in [1.165, 1.54) is 31.2 Å². The molecule has 0 radical (unpaired) electrons. The molecule has 0 heterocycles.